The van der Waals surface area contributed by atoms with E-state index in [2.05, 4.69) is 72.8 Å². The highest BCUT2D eigenvalue weighted by Gasteiger charge is 2.25. The zero-order valence-electron chi connectivity index (χ0n) is 13.1. The monoisotopic (exact) mass is 300 g/mol. The maximum atomic E-state index is 4.57. The number of aromatic nitrogens is 1. The van der Waals surface area contributed by atoms with Crippen LogP contribution in [-0.2, 0) is 7.05 Å². The third-order valence-electron chi connectivity index (χ3n) is 4.27. The second kappa shape index (κ2) is 5.22. The zero-order valence-corrected chi connectivity index (χ0v) is 13.9. The minimum atomic E-state index is 0.0448. The molecule has 1 aromatic carbocycles. The molecular formula is C16H20N4S. The van der Waals surface area contributed by atoms with Crippen LogP contribution in [-0.4, -0.2) is 22.0 Å². The van der Waals surface area contributed by atoms with Gasteiger partial charge in [-0.1, -0.05) is 30.0 Å². The van der Waals surface area contributed by atoms with E-state index in [1.54, 1.807) is 11.8 Å². The molecule has 2 heterocycles. The summed E-state index contributed by atoms with van der Waals surface area (Å²) >= 11 is 1.76. The molecule has 0 N–H and O–H groups in total. The quantitative estimate of drug-likeness (QED) is 0.747. The number of benzene rings is 1. The van der Waals surface area contributed by atoms with Crippen LogP contribution in [0.2, 0.25) is 0 Å². The van der Waals surface area contributed by atoms with Crippen LogP contribution in [0.3, 0.4) is 0 Å². The minimum Gasteiger partial charge on any atom is -0.346 e. The lowest BCUT2D eigenvalue weighted by atomic mass is 10.2. The molecule has 1 aliphatic rings. The number of allylic oxidation sites excluding steroid dienone is 2. The molecule has 2 aromatic rings. The van der Waals surface area contributed by atoms with Gasteiger partial charge in [0.15, 0.2) is 5.50 Å². The van der Waals surface area contributed by atoms with Gasteiger partial charge < -0.3 is 9.47 Å². The number of para-hydroxylation sites is 1. The summed E-state index contributed by atoms with van der Waals surface area (Å²) in [6, 6.07) is 8.33. The molecule has 0 saturated carbocycles. The number of hydrogen-bond acceptors (Lipinski definition) is 4. The molecule has 1 aliphatic heterocycles. The molecule has 1 atom stereocenters. The van der Waals surface area contributed by atoms with Gasteiger partial charge in [0.1, 0.15) is 5.69 Å². The lowest BCUT2D eigenvalue weighted by molar-refractivity contribution is 0.402. The van der Waals surface area contributed by atoms with E-state index in [1.807, 2.05) is 6.07 Å². The van der Waals surface area contributed by atoms with Gasteiger partial charge in [0, 0.05) is 35.8 Å². The molecule has 110 valence electrons. The number of rotatable bonds is 2. The van der Waals surface area contributed by atoms with Gasteiger partial charge in [0.05, 0.1) is 5.52 Å². The van der Waals surface area contributed by atoms with E-state index in [-0.39, 0.29) is 5.50 Å². The standard InChI is InChI=1S/C16H20N4S/c1-10-12(3)21-16(20(10)5)18-17-15-11(2)19(4)14-9-7-6-8-13(14)15/h6-9,16H,1-5H3. The molecule has 1 aromatic heterocycles. The van der Waals surface area contributed by atoms with Crippen molar-refractivity contribution in [2.45, 2.75) is 26.3 Å². The summed E-state index contributed by atoms with van der Waals surface area (Å²) < 4.78 is 2.17. The van der Waals surface area contributed by atoms with Gasteiger partial charge in [-0.05, 0) is 26.8 Å². The molecule has 0 amide bonds. The van der Waals surface area contributed by atoms with E-state index in [4.69, 9.17) is 0 Å². The second-order valence-corrected chi connectivity index (χ2v) is 6.69. The average molecular weight is 300 g/mol. The van der Waals surface area contributed by atoms with E-state index in [9.17, 15) is 0 Å². The number of nitrogens with zero attached hydrogens (tertiary/aromatic N) is 4. The fraction of sp³-hybridized carbons (Fsp3) is 0.375. The van der Waals surface area contributed by atoms with Crippen molar-refractivity contribution in [3.05, 3.63) is 40.6 Å². The summed E-state index contributed by atoms with van der Waals surface area (Å²) in [6.07, 6.45) is 0. The van der Waals surface area contributed by atoms with Crippen molar-refractivity contribution in [2.24, 2.45) is 17.3 Å². The molecule has 0 fully saturated rings. The molecule has 0 spiro atoms. The minimum absolute atomic E-state index is 0.0448. The topological polar surface area (TPSA) is 32.9 Å². The Balaban J connectivity index is 1.96. The molecule has 1 unspecified atom stereocenters. The third kappa shape index (κ3) is 2.25. The predicted molar refractivity (Wildman–Crippen MR) is 89.7 cm³/mol. The fourth-order valence-corrected chi connectivity index (χ4v) is 3.61. The average Bonchev–Trinajstić information content (AvgIpc) is 2.87. The van der Waals surface area contributed by atoms with Gasteiger partial charge in [0.25, 0.3) is 0 Å². The third-order valence-corrected chi connectivity index (χ3v) is 5.55. The number of azo groups is 1. The largest absolute Gasteiger partial charge is 0.346 e. The van der Waals surface area contributed by atoms with Gasteiger partial charge in [-0.25, -0.2) is 0 Å². The zero-order chi connectivity index (χ0) is 15.1. The SMILES string of the molecule is CC1=C(C)N(C)C(N=Nc2c(C)n(C)c3ccccc23)S1. The number of hydrogen-bond donors (Lipinski definition) is 0. The van der Waals surface area contributed by atoms with Crippen molar-refractivity contribution in [1.82, 2.24) is 9.47 Å². The Labute approximate surface area is 129 Å². The fourth-order valence-electron chi connectivity index (χ4n) is 2.57. The van der Waals surface area contributed by atoms with E-state index in [0.717, 1.165) is 16.8 Å². The number of fused-ring (bicyclic) bond motifs is 1. The Morgan fingerprint density at radius 3 is 2.48 bits per heavy atom. The van der Waals surface area contributed by atoms with Gasteiger partial charge >= 0.3 is 0 Å². The Morgan fingerprint density at radius 2 is 1.81 bits per heavy atom. The summed E-state index contributed by atoms with van der Waals surface area (Å²) in [5.74, 6) is 0. The highest BCUT2D eigenvalue weighted by atomic mass is 32.2. The highest BCUT2D eigenvalue weighted by molar-refractivity contribution is 8.03. The molecule has 3 rings (SSSR count). The van der Waals surface area contributed by atoms with Crippen molar-refractivity contribution in [3.8, 4) is 0 Å². The lowest BCUT2D eigenvalue weighted by Crippen LogP contribution is -2.20. The van der Waals surface area contributed by atoms with E-state index >= 15 is 0 Å². The van der Waals surface area contributed by atoms with E-state index in [1.165, 1.54) is 16.1 Å². The van der Waals surface area contributed by atoms with Gasteiger partial charge in [-0.15, -0.1) is 0 Å². The maximum absolute atomic E-state index is 4.57. The van der Waals surface area contributed by atoms with Crippen LogP contribution in [0.5, 0.6) is 0 Å². The number of aryl methyl sites for hydroxylation is 1. The summed E-state index contributed by atoms with van der Waals surface area (Å²) in [6.45, 7) is 6.35. The first kappa shape index (κ1) is 14.2. The van der Waals surface area contributed by atoms with Gasteiger partial charge in [-0.2, -0.15) is 10.2 Å². The van der Waals surface area contributed by atoms with Crippen molar-refractivity contribution in [1.29, 1.82) is 0 Å². The van der Waals surface area contributed by atoms with Crippen LogP contribution in [0.1, 0.15) is 19.5 Å². The Hall–Kier alpha value is -1.75. The Morgan fingerprint density at radius 1 is 1.10 bits per heavy atom. The summed E-state index contributed by atoms with van der Waals surface area (Å²) in [5.41, 5.74) is 4.64. The second-order valence-electron chi connectivity index (χ2n) is 5.42. The Bertz CT molecular complexity index is 757. The molecular weight excluding hydrogens is 280 g/mol. The summed E-state index contributed by atoms with van der Waals surface area (Å²) in [4.78, 5) is 3.49. The van der Waals surface area contributed by atoms with Crippen LogP contribution < -0.4 is 0 Å². The van der Waals surface area contributed by atoms with Crippen molar-refractivity contribution in [3.63, 3.8) is 0 Å². The van der Waals surface area contributed by atoms with Crippen molar-refractivity contribution in [2.75, 3.05) is 7.05 Å². The molecule has 5 heteroatoms. The smallest absolute Gasteiger partial charge is 0.193 e. The first-order valence-corrected chi connectivity index (χ1v) is 7.90. The maximum Gasteiger partial charge on any atom is 0.193 e. The first-order valence-electron chi connectivity index (χ1n) is 7.02. The van der Waals surface area contributed by atoms with Crippen LogP contribution in [0.15, 0.2) is 45.1 Å². The summed E-state index contributed by atoms with van der Waals surface area (Å²) in [5, 5.41) is 10.3. The van der Waals surface area contributed by atoms with Crippen LogP contribution in [0.4, 0.5) is 5.69 Å². The summed E-state index contributed by atoms with van der Waals surface area (Å²) in [7, 11) is 4.14. The van der Waals surface area contributed by atoms with Crippen LogP contribution in [0.25, 0.3) is 10.9 Å². The van der Waals surface area contributed by atoms with Crippen LogP contribution >= 0.6 is 11.8 Å². The van der Waals surface area contributed by atoms with Crippen LogP contribution in [0, 0.1) is 6.92 Å². The molecule has 0 aliphatic carbocycles. The first-order chi connectivity index (χ1) is 10.0. The van der Waals surface area contributed by atoms with E-state index < -0.39 is 0 Å². The van der Waals surface area contributed by atoms with E-state index in [0.29, 0.717) is 0 Å². The van der Waals surface area contributed by atoms with Crippen molar-refractivity contribution >= 4 is 28.4 Å². The van der Waals surface area contributed by atoms with Gasteiger partial charge in [0.2, 0.25) is 0 Å². The van der Waals surface area contributed by atoms with Crippen molar-refractivity contribution < 1.29 is 0 Å². The molecule has 0 radical (unpaired) electrons. The molecule has 4 nitrogen and oxygen atoms in total. The molecule has 0 saturated heterocycles. The lowest BCUT2D eigenvalue weighted by Gasteiger charge is -2.17. The molecule has 0 bridgehead atoms. The number of thioether (sulfide) groups is 1. The predicted octanol–water partition coefficient (Wildman–Crippen LogP) is 4.78. The Kier molecular flexibility index (Phi) is 3.53. The molecule has 21 heavy (non-hydrogen) atoms. The van der Waals surface area contributed by atoms with Gasteiger partial charge in [-0.3, -0.25) is 0 Å². The normalized spacial score (nSPS) is 19.5. The highest BCUT2D eigenvalue weighted by Crippen LogP contribution is 2.39.